The lowest BCUT2D eigenvalue weighted by molar-refractivity contribution is -0.170. The van der Waals surface area contributed by atoms with Crippen molar-refractivity contribution in [2.24, 2.45) is 0 Å². The zero-order valence-electron chi connectivity index (χ0n) is 10.1. The van der Waals surface area contributed by atoms with E-state index in [9.17, 15) is 22.8 Å². The molecule has 1 N–H and O–H groups in total. The summed E-state index contributed by atoms with van der Waals surface area (Å²) < 4.78 is 36.8. The number of amides is 1. The molecule has 0 fully saturated rings. The Morgan fingerprint density at radius 3 is 2.47 bits per heavy atom. The maximum Gasteiger partial charge on any atom is 0.471 e. The third-order valence-electron chi connectivity index (χ3n) is 2.47. The van der Waals surface area contributed by atoms with E-state index < -0.39 is 18.1 Å². The molecule has 1 aromatic rings. The number of nitrogens with zero attached hydrogens (tertiary/aromatic N) is 1. The summed E-state index contributed by atoms with van der Waals surface area (Å²) in [6, 6.07) is 5.80. The Bertz CT molecular complexity index is 485. The summed E-state index contributed by atoms with van der Waals surface area (Å²) in [6.45, 7) is 0. The topological polar surface area (TPSA) is 57.6 Å². The lowest BCUT2D eigenvalue weighted by Crippen LogP contribution is -2.38. The van der Waals surface area contributed by atoms with Gasteiger partial charge in [0, 0.05) is 19.2 Å². The molecule has 4 nitrogen and oxygen atoms in total. The first-order chi connectivity index (χ1) is 8.71. The van der Waals surface area contributed by atoms with Gasteiger partial charge >= 0.3 is 18.1 Å². The second kappa shape index (κ2) is 5.73. The standard InChI is InChI=1S/C12H12F3NO3/c1-16(11(19)12(13,14)15)9-4-2-3-8(7-9)5-6-10(17)18/h2-4,7H,5-6H2,1H3,(H,17,18). The average Bonchev–Trinajstić information content (AvgIpc) is 2.33. The molecule has 1 rings (SSSR count). The molecule has 0 spiro atoms. The number of carbonyl (C=O) groups is 2. The van der Waals surface area contributed by atoms with Gasteiger partial charge in [-0.25, -0.2) is 0 Å². The largest absolute Gasteiger partial charge is 0.481 e. The van der Waals surface area contributed by atoms with Crippen LogP contribution in [0.25, 0.3) is 0 Å². The van der Waals surface area contributed by atoms with Crippen molar-refractivity contribution in [3.05, 3.63) is 29.8 Å². The Balaban J connectivity index is 2.87. The van der Waals surface area contributed by atoms with Crippen molar-refractivity contribution in [1.29, 1.82) is 0 Å². The van der Waals surface area contributed by atoms with Gasteiger partial charge in [0.05, 0.1) is 0 Å². The van der Waals surface area contributed by atoms with Gasteiger partial charge in [0.15, 0.2) is 0 Å². The van der Waals surface area contributed by atoms with Crippen LogP contribution >= 0.6 is 0 Å². The summed E-state index contributed by atoms with van der Waals surface area (Å²) in [6.07, 6.45) is -4.87. The Labute approximate surface area is 107 Å². The van der Waals surface area contributed by atoms with Crippen LogP contribution in [-0.4, -0.2) is 30.2 Å². The molecule has 0 saturated heterocycles. The van der Waals surface area contributed by atoms with Crippen LogP contribution in [0, 0.1) is 0 Å². The molecule has 19 heavy (non-hydrogen) atoms. The van der Waals surface area contributed by atoms with Gasteiger partial charge in [0.2, 0.25) is 0 Å². The Kier molecular flexibility index (Phi) is 4.52. The molecule has 0 heterocycles. The molecule has 0 aliphatic rings. The number of aryl methyl sites for hydroxylation is 1. The SMILES string of the molecule is CN(C(=O)C(F)(F)F)c1cccc(CCC(=O)O)c1. The molecule has 0 aliphatic heterocycles. The Morgan fingerprint density at radius 1 is 1.32 bits per heavy atom. The maximum absolute atomic E-state index is 12.3. The van der Waals surface area contributed by atoms with Crippen LogP contribution in [-0.2, 0) is 16.0 Å². The number of anilines is 1. The number of aliphatic carboxylic acids is 1. The number of carboxylic acids is 1. The fourth-order valence-electron chi connectivity index (χ4n) is 1.48. The van der Waals surface area contributed by atoms with Crippen LogP contribution in [0.1, 0.15) is 12.0 Å². The number of rotatable bonds is 4. The van der Waals surface area contributed by atoms with E-state index in [4.69, 9.17) is 5.11 Å². The first-order valence-electron chi connectivity index (χ1n) is 5.37. The second-order valence-corrected chi connectivity index (χ2v) is 3.93. The molecule has 0 bridgehead atoms. The van der Waals surface area contributed by atoms with Crippen molar-refractivity contribution < 1.29 is 27.9 Å². The van der Waals surface area contributed by atoms with Crippen LogP contribution in [0.3, 0.4) is 0 Å². The van der Waals surface area contributed by atoms with Crippen molar-refractivity contribution in [2.45, 2.75) is 19.0 Å². The van der Waals surface area contributed by atoms with Crippen molar-refractivity contribution in [3.63, 3.8) is 0 Å². The molecule has 0 atom stereocenters. The number of hydrogen-bond donors (Lipinski definition) is 1. The highest BCUT2D eigenvalue weighted by atomic mass is 19.4. The summed E-state index contributed by atoms with van der Waals surface area (Å²) in [4.78, 5) is 22.0. The molecule has 0 aromatic heterocycles. The van der Waals surface area contributed by atoms with Crippen LogP contribution in [0.15, 0.2) is 24.3 Å². The minimum absolute atomic E-state index is 0.0743. The molecule has 0 unspecified atom stereocenters. The van der Waals surface area contributed by atoms with Gasteiger partial charge in [0.25, 0.3) is 0 Å². The number of carbonyl (C=O) groups excluding carboxylic acids is 1. The highest BCUT2D eigenvalue weighted by molar-refractivity contribution is 5.96. The quantitative estimate of drug-likeness (QED) is 0.916. The second-order valence-electron chi connectivity index (χ2n) is 3.93. The number of halogens is 3. The summed E-state index contributed by atoms with van der Waals surface area (Å²) in [5.41, 5.74) is 0.631. The monoisotopic (exact) mass is 275 g/mol. The third kappa shape index (κ3) is 4.27. The number of alkyl halides is 3. The highest BCUT2D eigenvalue weighted by Gasteiger charge is 2.41. The van der Waals surface area contributed by atoms with Gasteiger partial charge in [-0.1, -0.05) is 12.1 Å². The van der Waals surface area contributed by atoms with Crippen molar-refractivity contribution in [3.8, 4) is 0 Å². The fourth-order valence-corrected chi connectivity index (χ4v) is 1.48. The smallest absolute Gasteiger partial charge is 0.471 e. The van der Waals surface area contributed by atoms with Gasteiger partial charge in [-0.2, -0.15) is 13.2 Å². The first kappa shape index (κ1) is 15.0. The lowest BCUT2D eigenvalue weighted by Gasteiger charge is -2.19. The van der Waals surface area contributed by atoms with E-state index in [1.54, 1.807) is 6.07 Å². The van der Waals surface area contributed by atoms with Crippen LogP contribution in [0.5, 0.6) is 0 Å². The summed E-state index contributed by atoms with van der Waals surface area (Å²) in [7, 11) is 1.02. The Morgan fingerprint density at radius 2 is 1.95 bits per heavy atom. The summed E-state index contributed by atoms with van der Waals surface area (Å²) in [5.74, 6) is -2.96. The van der Waals surface area contributed by atoms with Gasteiger partial charge in [-0.15, -0.1) is 0 Å². The van der Waals surface area contributed by atoms with E-state index in [0.717, 1.165) is 7.05 Å². The molecular weight excluding hydrogens is 263 g/mol. The number of hydrogen-bond acceptors (Lipinski definition) is 2. The maximum atomic E-state index is 12.3. The zero-order chi connectivity index (χ0) is 14.6. The van der Waals surface area contributed by atoms with Gasteiger partial charge in [0.1, 0.15) is 0 Å². The van der Waals surface area contributed by atoms with E-state index in [1.807, 2.05) is 0 Å². The molecule has 1 amide bonds. The van der Waals surface area contributed by atoms with Crippen LogP contribution in [0.4, 0.5) is 18.9 Å². The van der Waals surface area contributed by atoms with Gasteiger partial charge in [-0.3, -0.25) is 9.59 Å². The van der Waals surface area contributed by atoms with Crippen molar-refractivity contribution >= 4 is 17.6 Å². The third-order valence-corrected chi connectivity index (χ3v) is 2.47. The molecule has 104 valence electrons. The lowest BCUT2D eigenvalue weighted by atomic mass is 10.1. The highest BCUT2D eigenvalue weighted by Crippen LogP contribution is 2.23. The van der Waals surface area contributed by atoms with E-state index in [2.05, 4.69) is 0 Å². The summed E-state index contributed by atoms with van der Waals surface area (Å²) >= 11 is 0. The van der Waals surface area contributed by atoms with E-state index in [0.29, 0.717) is 10.5 Å². The predicted octanol–water partition coefficient (Wildman–Crippen LogP) is 2.23. The van der Waals surface area contributed by atoms with Crippen molar-refractivity contribution in [2.75, 3.05) is 11.9 Å². The van der Waals surface area contributed by atoms with Crippen molar-refractivity contribution in [1.82, 2.24) is 0 Å². The van der Waals surface area contributed by atoms with Crippen LogP contribution in [0.2, 0.25) is 0 Å². The van der Waals surface area contributed by atoms with E-state index in [1.165, 1.54) is 18.2 Å². The molecule has 1 aromatic carbocycles. The molecule has 0 aliphatic carbocycles. The fraction of sp³-hybridized carbons (Fsp3) is 0.333. The Hall–Kier alpha value is -2.05. The average molecular weight is 275 g/mol. The molecule has 0 saturated carbocycles. The van der Waals surface area contributed by atoms with Crippen LogP contribution < -0.4 is 4.90 Å². The van der Waals surface area contributed by atoms with Gasteiger partial charge in [-0.05, 0) is 24.1 Å². The summed E-state index contributed by atoms with van der Waals surface area (Å²) in [5, 5.41) is 8.53. The molecular formula is C12H12F3NO3. The van der Waals surface area contributed by atoms with E-state index >= 15 is 0 Å². The first-order valence-corrected chi connectivity index (χ1v) is 5.37. The van der Waals surface area contributed by atoms with E-state index in [-0.39, 0.29) is 18.5 Å². The normalized spacial score (nSPS) is 11.2. The molecule has 0 radical (unpaired) electrons. The minimum Gasteiger partial charge on any atom is -0.481 e. The number of carboxylic acid groups (broad SMARTS) is 1. The number of benzene rings is 1. The molecule has 7 heteroatoms. The minimum atomic E-state index is -4.94. The zero-order valence-corrected chi connectivity index (χ0v) is 10.1. The van der Waals surface area contributed by atoms with Gasteiger partial charge < -0.3 is 10.0 Å². The predicted molar refractivity (Wildman–Crippen MR) is 61.9 cm³/mol.